The van der Waals surface area contributed by atoms with Crippen LogP contribution in [0.2, 0.25) is 5.02 Å². The van der Waals surface area contributed by atoms with Gasteiger partial charge in [-0.25, -0.2) is 9.78 Å². The first kappa shape index (κ1) is 20.6. The van der Waals surface area contributed by atoms with Gasteiger partial charge in [-0.05, 0) is 54.4 Å². The van der Waals surface area contributed by atoms with E-state index in [9.17, 15) is 14.4 Å². The van der Waals surface area contributed by atoms with Crippen molar-refractivity contribution in [2.45, 2.75) is 20.0 Å². The highest BCUT2D eigenvalue weighted by Crippen LogP contribution is 2.12. The Balaban J connectivity index is 1.75. The summed E-state index contributed by atoms with van der Waals surface area (Å²) in [5.41, 5.74) is 1.71. The summed E-state index contributed by atoms with van der Waals surface area (Å²) in [6.45, 7) is 1.71. The van der Waals surface area contributed by atoms with E-state index in [1.54, 1.807) is 42.5 Å². The summed E-state index contributed by atoms with van der Waals surface area (Å²) in [6, 6.07) is 17.5. The predicted octanol–water partition coefficient (Wildman–Crippen LogP) is 3.21. The second-order valence-corrected chi connectivity index (χ2v) is 7.61. The lowest BCUT2D eigenvalue weighted by Gasteiger charge is -2.14. The quantitative estimate of drug-likeness (QED) is 0.522. The Labute approximate surface area is 182 Å². The number of aryl methyl sites for hydroxylation is 1. The second-order valence-electron chi connectivity index (χ2n) is 7.18. The van der Waals surface area contributed by atoms with Gasteiger partial charge in [0.1, 0.15) is 6.54 Å². The third-order valence-corrected chi connectivity index (χ3v) is 5.10. The molecule has 2 aromatic heterocycles. The summed E-state index contributed by atoms with van der Waals surface area (Å²) >= 11 is 5.93. The molecule has 2 heterocycles. The Kier molecular flexibility index (Phi) is 5.68. The van der Waals surface area contributed by atoms with Crippen LogP contribution in [0.15, 0.2) is 76.4 Å². The number of rotatable bonds is 5. The van der Waals surface area contributed by atoms with Crippen LogP contribution >= 0.6 is 11.6 Å². The molecule has 2 aromatic carbocycles. The zero-order valence-corrected chi connectivity index (χ0v) is 17.5. The summed E-state index contributed by atoms with van der Waals surface area (Å²) in [5, 5.41) is 3.35. The zero-order valence-electron chi connectivity index (χ0n) is 16.7. The Morgan fingerprint density at radius 2 is 1.81 bits per heavy atom. The molecule has 0 fully saturated rings. The van der Waals surface area contributed by atoms with E-state index >= 15 is 0 Å². The van der Waals surface area contributed by atoms with Crippen LogP contribution in [0.1, 0.15) is 11.1 Å². The number of nitrogens with one attached hydrogen (secondary N) is 1. The van der Waals surface area contributed by atoms with Crippen LogP contribution in [-0.4, -0.2) is 20.0 Å². The number of carbonyl (C=O) groups is 1. The van der Waals surface area contributed by atoms with E-state index in [2.05, 4.69) is 10.3 Å². The molecule has 1 amide bonds. The van der Waals surface area contributed by atoms with Crippen LogP contribution in [0, 0.1) is 6.92 Å². The number of benzene rings is 2. The Morgan fingerprint density at radius 1 is 1.03 bits per heavy atom. The first-order valence-corrected chi connectivity index (χ1v) is 9.99. The fraction of sp³-hybridized carbons (Fsp3) is 0.130. The van der Waals surface area contributed by atoms with E-state index in [1.165, 1.54) is 10.8 Å². The molecule has 0 bridgehead atoms. The molecule has 1 N–H and O–H groups in total. The van der Waals surface area contributed by atoms with Crippen molar-refractivity contribution < 1.29 is 4.79 Å². The number of amides is 1. The fourth-order valence-electron chi connectivity index (χ4n) is 3.37. The highest BCUT2D eigenvalue weighted by Gasteiger charge is 2.16. The molecule has 0 atom stereocenters. The number of nitrogens with zero attached hydrogens (tertiary/aromatic N) is 3. The molecule has 8 heteroatoms. The molecule has 0 unspecified atom stereocenters. The van der Waals surface area contributed by atoms with Gasteiger partial charge < -0.3 is 5.32 Å². The molecule has 0 spiro atoms. The lowest BCUT2D eigenvalue weighted by Crippen LogP contribution is -2.42. The van der Waals surface area contributed by atoms with Gasteiger partial charge in [0.2, 0.25) is 5.91 Å². The van der Waals surface area contributed by atoms with E-state index < -0.39 is 11.2 Å². The number of halogens is 1. The van der Waals surface area contributed by atoms with Gasteiger partial charge in [-0.1, -0.05) is 35.9 Å². The fourth-order valence-corrected chi connectivity index (χ4v) is 3.50. The van der Waals surface area contributed by atoms with Gasteiger partial charge in [0.25, 0.3) is 5.56 Å². The SMILES string of the molecule is Cc1cccc(NC(=O)Cn2c(=O)n(Cc3ccc(Cl)cc3)c(=O)c3ncccc32)c1. The largest absolute Gasteiger partial charge is 0.332 e. The Bertz CT molecular complexity index is 1390. The lowest BCUT2D eigenvalue weighted by atomic mass is 10.2. The molecule has 0 saturated carbocycles. The summed E-state index contributed by atoms with van der Waals surface area (Å²) in [4.78, 5) is 43.0. The minimum Gasteiger partial charge on any atom is -0.325 e. The highest BCUT2D eigenvalue weighted by atomic mass is 35.5. The van der Waals surface area contributed by atoms with Crippen molar-refractivity contribution in [3.05, 3.63) is 104 Å². The van der Waals surface area contributed by atoms with Gasteiger partial charge in [0, 0.05) is 16.9 Å². The van der Waals surface area contributed by atoms with Crippen molar-refractivity contribution in [2.75, 3.05) is 5.32 Å². The normalized spacial score (nSPS) is 10.9. The highest BCUT2D eigenvalue weighted by molar-refractivity contribution is 6.30. The van der Waals surface area contributed by atoms with Crippen LogP contribution in [0.3, 0.4) is 0 Å². The van der Waals surface area contributed by atoms with Crippen LogP contribution in [0.4, 0.5) is 5.69 Å². The van der Waals surface area contributed by atoms with Crippen LogP contribution in [0.25, 0.3) is 11.0 Å². The molecule has 0 aliphatic carbocycles. The standard InChI is InChI=1S/C23H19ClN4O3/c1-15-4-2-5-18(12-15)26-20(29)14-27-19-6-3-11-25-21(19)22(30)28(23(27)31)13-16-7-9-17(24)10-8-16/h2-12H,13-14H2,1H3,(H,26,29). The van der Waals surface area contributed by atoms with Crippen LogP contribution in [-0.2, 0) is 17.9 Å². The lowest BCUT2D eigenvalue weighted by molar-refractivity contribution is -0.116. The van der Waals surface area contributed by atoms with Crippen molar-refractivity contribution in [2.24, 2.45) is 0 Å². The number of hydrogen-bond acceptors (Lipinski definition) is 4. The summed E-state index contributed by atoms with van der Waals surface area (Å²) in [7, 11) is 0. The van der Waals surface area contributed by atoms with E-state index in [-0.39, 0.29) is 24.5 Å². The van der Waals surface area contributed by atoms with Gasteiger partial charge in [-0.3, -0.25) is 18.7 Å². The molecular formula is C23H19ClN4O3. The number of anilines is 1. The number of hydrogen-bond donors (Lipinski definition) is 1. The second kappa shape index (κ2) is 8.57. The molecule has 156 valence electrons. The van der Waals surface area contributed by atoms with Gasteiger partial charge >= 0.3 is 5.69 Å². The maximum absolute atomic E-state index is 13.2. The molecule has 31 heavy (non-hydrogen) atoms. The summed E-state index contributed by atoms with van der Waals surface area (Å²) in [6.07, 6.45) is 1.48. The molecular weight excluding hydrogens is 416 g/mol. The van der Waals surface area contributed by atoms with Crippen molar-refractivity contribution in [3.8, 4) is 0 Å². The third kappa shape index (κ3) is 4.41. The minimum atomic E-state index is -0.583. The van der Waals surface area contributed by atoms with Crippen molar-refractivity contribution in [3.63, 3.8) is 0 Å². The Hall–Kier alpha value is -3.71. The summed E-state index contributed by atoms with van der Waals surface area (Å²) < 4.78 is 2.35. The Morgan fingerprint density at radius 3 is 2.55 bits per heavy atom. The molecule has 7 nitrogen and oxygen atoms in total. The zero-order chi connectivity index (χ0) is 22.0. The first-order chi connectivity index (χ1) is 14.9. The van der Waals surface area contributed by atoms with E-state index in [0.29, 0.717) is 16.2 Å². The van der Waals surface area contributed by atoms with Crippen molar-refractivity contribution in [1.29, 1.82) is 0 Å². The molecule has 4 aromatic rings. The number of aromatic nitrogens is 3. The topological polar surface area (TPSA) is 86.0 Å². The van der Waals surface area contributed by atoms with E-state index in [0.717, 1.165) is 15.7 Å². The van der Waals surface area contributed by atoms with Crippen molar-refractivity contribution >= 4 is 34.2 Å². The smallest absolute Gasteiger partial charge is 0.325 e. The summed E-state index contributed by atoms with van der Waals surface area (Å²) in [5.74, 6) is -0.380. The van der Waals surface area contributed by atoms with E-state index in [1.807, 2.05) is 25.1 Å². The average Bonchev–Trinajstić information content (AvgIpc) is 2.75. The maximum Gasteiger partial charge on any atom is 0.332 e. The van der Waals surface area contributed by atoms with Gasteiger partial charge in [0.05, 0.1) is 12.1 Å². The molecule has 0 aliphatic rings. The molecule has 0 aliphatic heterocycles. The van der Waals surface area contributed by atoms with Gasteiger partial charge in [0.15, 0.2) is 5.52 Å². The monoisotopic (exact) mass is 434 g/mol. The van der Waals surface area contributed by atoms with Gasteiger partial charge in [-0.2, -0.15) is 0 Å². The van der Waals surface area contributed by atoms with Crippen LogP contribution in [0.5, 0.6) is 0 Å². The number of carbonyl (C=O) groups excluding carboxylic acids is 1. The molecule has 0 saturated heterocycles. The third-order valence-electron chi connectivity index (χ3n) is 4.84. The first-order valence-electron chi connectivity index (χ1n) is 9.62. The average molecular weight is 435 g/mol. The minimum absolute atomic E-state index is 0.0425. The maximum atomic E-state index is 13.2. The van der Waals surface area contributed by atoms with Gasteiger partial charge in [-0.15, -0.1) is 0 Å². The van der Waals surface area contributed by atoms with Crippen molar-refractivity contribution in [1.82, 2.24) is 14.1 Å². The molecule has 0 radical (unpaired) electrons. The van der Waals surface area contributed by atoms with E-state index in [4.69, 9.17) is 11.6 Å². The predicted molar refractivity (Wildman–Crippen MR) is 121 cm³/mol. The molecule has 4 rings (SSSR count). The van der Waals surface area contributed by atoms with Crippen LogP contribution < -0.4 is 16.6 Å². The number of fused-ring (bicyclic) bond motifs is 1. The number of pyridine rings is 1.